The molecule has 2 heterocycles. The molecule has 0 aliphatic rings. The lowest BCUT2D eigenvalue weighted by Crippen LogP contribution is -2.05. The van der Waals surface area contributed by atoms with Crippen LogP contribution in [-0.2, 0) is 6.42 Å². The predicted octanol–water partition coefficient (Wildman–Crippen LogP) is 3.47. The van der Waals surface area contributed by atoms with Gasteiger partial charge in [-0.05, 0) is 38.0 Å². The first kappa shape index (κ1) is 13.3. The van der Waals surface area contributed by atoms with E-state index in [1.807, 2.05) is 44.2 Å². The van der Waals surface area contributed by atoms with Crippen LogP contribution in [0.3, 0.4) is 0 Å². The zero-order valence-corrected chi connectivity index (χ0v) is 12.4. The van der Waals surface area contributed by atoms with E-state index in [0.717, 1.165) is 28.7 Å². The van der Waals surface area contributed by atoms with E-state index >= 15 is 0 Å². The molecule has 0 bridgehead atoms. The quantitative estimate of drug-likeness (QED) is 0.720. The largest absolute Gasteiger partial charge is 0.227 e. The number of aromatic nitrogens is 3. The number of nitriles is 1. The molecule has 2 aromatic heterocycles. The molecular weight excluding hydrogens is 260 g/mol. The summed E-state index contributed by atoms with van der Waals surface area (Å²) in [5, 5.41) is 15.0. The summed E-state index contributed by atoms with van der Waals surface area (Å²) in [6.45, 7) is 6.13. The Morgan fingerprint density at radius 2 is 2.00 bits per heavy atom. The lowest BCUT2D eigenvalue weighted by atomic mass is 10.1. The molecule has 1 aromatic carbocycles. The Labute approximate surface area is 123 Å². The fourth-order valence-corrected chi connectivity index (χ4v) is 2.74. The predicted molar refractivity (Wildman–Crippen MR) is 82.4 cm³/mol. The molecule has 0 fully saturated rings. The minimum atomic E-state index is 0.543. The molecule has 0 radical (unpaired) electrons. The van der Waals surface area contributed by atoms with Gasteiger partial charge in [-0.2, -0.15) is 10.4 Å². The summed E-state index contributed by atoms with van der Waals surface area (Å²) in [4.78, 5) is 4.64. The maximum atomic E-state index is 9.43. The summed E-state index contributed by atoms with van der Waals surface area (Å²) in [5.74, 6) is 0.608. The van der Waals surface area contributed by atoms with E-state index in [4.69, 9.17) is 0 Å². The normalized spacial score (nSPS) is 10.8. The fourth-order valence-electron chi connectivity index (χ4n) is 2.74. The van der Waals surface area contributed by atoms with Crippen molar-refractivity contribution in [3.63, 3.8) is 0 Å². The zero-order valence-electron chi connectivity index (χ0n) is 12.4. The van der Waals surface area contributed by atoms with Crippen LogP contribution in [0.1, 0.15) is 29.4 Å². The first-order valence-electron chi connectivity index (χ1n) is 7.01. The van der Waals surface area contributed by atoms with Crippen molar-refractivity contribution >= 4 is 10.9 Å². The summed E-state index contributed by atoms with van der Waals surface area (Å²) in [6.07, 6.45) is 0.924. The van der Waals surface area contributed by atoms with Gasteiger partial charge < -0.3 is 0 Å². The molecule has 0 aliphatic carbocycles. The molecule has 0 N–H and O–H groups in total. The SMILES string of the molecule is CCc1c(C)nn(-c2nc3ccccc3cc2C#N)c1C. The van der Waals surface area contributed by atoms with Crippen LogP contribution >= 0.6 is 0 Å². The number of hydrogen-bond acceptors (Lipinski definition) is 3. The number of rotatable bonds is 2. The Kier molecular flexibility index (Phi) is 3.19. The van der Waals surface area contributed by atoms with E-state index in [1.54, 1.807) is 4.68 Å². The van der Waals surface area contributed by atoms with Crippen LogP contribution in [0, 0.1) is 25.2 Å². The lowest BCUT2D eigenvalue weighted by molar-refractivity contribution is 0.807. The maximum Gasteiger partial charge on any atom is 0.172 e. The molecule has 0 saturated heterocycles. The van der Waals surface area contributed by atoms with Gasteiger partial charge in [0.05, 0.1) is 16.8 Å². The van der Waals surface area contributed by atoms with Crippen LogP contribution < -0.4 is 0 Å². The van der Waals surface area contributed by atoms with Crippen LogP contribution in [0.15, 0.2) is 30.3 Å². The van der Waals surface area contributed by atoms with Crippen molar-refractivity contribution in [2.75, 3.05) is 0 Å². The Balaban J connectivity index is 2.32. The second kappa shape index (κ2) is 5.02. The Bertz CT molecular complexity index is 868. The van der Waals surface area contributed by atoms with Crippen LogP contribution in [0.4, 0.5) is 0 Å². The van der Waals surface area contributed by atoms with Crippen molar-refractivity contribution in [1.29, 1.82) is 5.26 Å². The standard InChI is InChI=1S/C17H16N4/c1-4-15-11(2)20-21(12(15)3)17-14(10-18)9-13-7-5-6-8-16(13)19-17/h5-9H,4H2,1-3H3. The number of fused-ring (bicyclic) bond motifs is 1. The fraction of sp³-hybridized carbons (Fsp3) is 0.235. The van der Waals surface area contributed by atoms with Gasteiger partial charge in [-0.1, -0.05) is 25.1 Å². The highest BCUT2D eigenvalue weighted by Crippen LogP contribution is 2.22. The van der Waals surface area contributed by atoms with Gasteiger partial charge in [-0.3, -0.25) is 0 Å². The summed E-state index contributed by atoms with van der Waals surface area (Å²) >= 11 is 0. The van der Waals surface area contributed by atoms with Gasteiger partial charge in [-0.25, -0.2) is 9.67 Å². The minimum absolute atomic E-state index is 0.543. The van der Waals surface area contributed by atoms with E-state index in [-0.39, 0.29) is 0 Å². The highest BCUT2D eigenvalue weighted by atomic mass is 15.3. The van der Waals surface area contributed by atoms with Crippen LogP contribution in [0.5, 0.6) is 0 Å². The number of benzene rings is 1. The molecule has 3 aromatic rings. The molecule has 104 valence electrons. The molecular formula is C17H16N4. The number of nitrogens with zero attached hydrogens (tertiary/aromatic N) is 4. The van der Waals surface area contributed by atoms with Gasteiger partial charge in [0.1, 0.15) is 6.07 Å². The topological polar surface area (TPSA) is 54.5 Å². The van der Waals surface area contributed by atoms with Gasteiger partial charge in [0.25, 0.3) is 0 Å². The van der Waals surface area contributed by atoms with E-state index < -0.39 is 0 Å². The average molecular weight is 276 g/mol. The van der Waals surface area contributed by atoms with Gasteiger partial charge in [0.15, 0.2) is 5.82 Å². The van der Waals surface area contributed by atoms with Crippen molar-refractivity contribution in [3.8, 4) is 11.9 Å². The monoisotopic (exact) mass is 276 g/mol. The van der Waals surface area contributed by atoms with E-state index in [2.05, 4.69) is 23.1 Å². The third-order valence-corrected chi connectivity index (χ3v) is 3.82. The Morgan fingerprint density at radius 1 is 1.24 bits per heavy atom. The molecule has 3 rings (SSSR count). The van der Waals surface area contributed by atoms with Crippen LogP contribution in [-0.4, -0.2) is 14.8 Å². The van der Waals surface area contributed by atoms with Gasteiger partial charge in [0, 0.05) is 11.1 Å². The summed E-state index contributed by atoms with van der Waals surface area (Å²) in [5.41, 5.74) is 4.68. The van der Waals surface area contributed by atoms with Crippen molar-refractivity contribution in [2.45, 2.75) is 27.2 Å². The molecule has 4 heteroatoms. The number of para-hydroxylation sites is 1. The Morgan fingerprint density at radius 3 is 2.67 bits per heavy atom. The smallest absolute Gasteiger partial charge is 0.172 e. The molecule has 0 unspecified atom stereocenters. The van der Waals surface area contributed by atoms with E-state index in [9.17, 15) is 5.26 Å². The number of pyridine rings is 1. The van der Waals surface area contributed by atoms with Crippen molar-refractivity contribution in [3.05, 3.63) is 52.8 Å². The second-order valence-electron chi connectivity index (χ2n) is 5.08. The number of aryl methyl sites for hydroxylation is 1. The minimum Gasteiger partial charge on any atom is -0.227 e. The van der Waals surface area contributed by atoms with Crippen LogP contribution in [0.25, 0.3) is 16.7 Å². The summed E-state index contributed by atoms with van der Waals surface area (Å²) < 4.78 is 1.79. The first-order chi connectivity index (χ1) is 10.2. The summed E-state index contributed by atoms with van der Waals surface area (Å²) in [7, 11) is 0. The van der Waals surface area contributed by atoms with Crippen molar-refractivity contribution in [2.24, 2.45) is 0 Å². The lowest BCUT2D eigenvalue weighted by Gasteiger charge is -2.08. The van der Waals surface area contributed by atoms with E-state index in [1.165, 1.54) is 5.56 Å². The average Bonchev–Trinajstić information content (AvgIpc) is 2.80. The molecule has 0 atom stereocenters. The van der Waals surface area contributed by atoms with Gasteiger partial charge >= 0.3 is 0 Å². The third kappa shape index (κ3) is 2.07. The molecule has 4 nitrogen and oxygen atoms in total. The highest BCUT2D eigenvalue weighted by Gasteiger charge is 2.16. The molecule has 0 aliphatic heterocycles. The molecule has 0 spiro atoms. The highest BCUT2D eigenvalue weighted by molar-refractivity contribution is 5.81. The molecule has 0 saturated carbocycles. The van der Waals surface area contributed by atoms with Crippen LogP contribution in [0.2, 0.25) is 0 Å². The second-order valence-corrected chi connectivity index (χ2v) is 5.08. The molecule has 0 amide bonds. The molecule has 21 heavy (non-hydrogen) atoms. The Hall–Kier alpha value is -2.67. The first-order valence-corrected chi connectivity index (χ1v) is 7.01. The zero-order chi connectivity index (χ0) is 15.0. The van der Waals surface area contributed by atoms with Crippen molar-refractivity contribution < 1.29 is 0 Å². The number of hydrogen-bond donors (Lipinski definition) is 0. The van der Waals surface area contributed by atoms with Gasteiger partial charge in [0.2, 0.25) is 0 Å². The maximum absolute atomic E-state index is 9.43. The third-order valence-electron chi connectivity index (χ3n) is 3.82. The summed E-state index contributed by atoms with van der Waals surface area (Å²) in [6, 6.07) is 11.9. The van der Waals surface area contributed by atoms with E-state index in [0.29, 0.717) is 11.4 Å². The van der Waals surface area contributed by atoms with Gasteiger partial charge in [-0.15, -0.1) is 0 Å². The van der Waals surface area contributed by atoms with Crippen molar-refractivity contribution in [1.82, 2.24) is 14.8 Å².